The smallest absolute Gasteiger partial charge is 0.302 e. The molecule has 0 aromatic heterocycles. The van der Waals surface area contributed by atoms with Crippen LogP contribution in [0.1, 0.15) is 37.3 Å². The van der Waals surface area contributed by atoms with E-state index >= 15 is 0 Å². The molecule has 3 unspecified atom stereocenters. The number of amides is 1. The highest BCUT2D eigenvalue weighted by atomic mass is 35.5. The summed E-state index contributed by atoms with van der Waals surface area (Å²) in [6.45, 7) is 3.08. The number of ether oxygens (including phenoxy) is 1. The lowest BCUT2D eigenvalue weighted by molar-refractivity contribution is -0.157. The number of likely N-dealkylation sites (tertiary alicyclic amines) is 1. The lowest BCUT2D eigenvalue weighted by atomic mass is 9.57. The maximum atomic E-state index is 13.0. The van der Waals surface area contributed by atoms with Gasteiger partial charge in [-0.25, -0.2) is 0 Å². The molecule has 34 heavy (non-hydrogen) atoms. The van der Waals surface area contributed by atoms with E-state index in [2.05, 4.69) is 17.3 Å². The fourth-order valence-electron chi connectivity index (χ4n) is 5.73. The van der Waals surface area contributed by atoms with Crippen molar-refractivity contribution in [2.75, 3.05) is 20.1 Å². The van der Waals surface area contributed by atoms with E-state index in [0.717, 1.165) is 30.6 Å². The van der Waals surface area contributed by atoms with Crippen molar-refractivity contribution >= 4 is 35.1 Å². The summed E-state index contributed by atoms with van der Waals surface area (Å²) in [6.07, 6.45) is 1.93. The summed E-state index contributed by atoms with van der Waals surface area (Å²) in [6, 6.07) is 12.3. The molecular formula is C26H30Cl2N2O4. The van der Waals surface area contributed by atoms with Crippen molar-refractivity contribution < 1.29 is 19.4 Å². The number of halogens is 2. The van der Waals surface area contributed by atoms with Gasteiger partial charge in [-0.05, 0) is 61.8 Å². The molecule has 0 bridgehead atoms. The first-order valence-electron chi connectivity index (χ1n) is 11.5. The summed E-state index contributed by atoms with van der Waals surface area (Å²) < 4.78 is 5.83. The van der Waals surface area contributed by atoms with E-state index in [9.17, 15) is 14.7 Å². The number of piperidine rings is 1. The summed E-state index contributed by atoms with van der Waals surface area (Å²) >= 11 is 12.1. The lowest BCUT2D eigenvalue weighted by Crippen LogP contribution is -2.61. The van der Waals surface area contributed by atoms with Gasteiger partial charge in [0.2, 0.25) is 5.91 Å². The van der Waals surface area contributed by atoms with Crippen molar-refractivity contribution in [3.8, 4) is 5.75 Å². The normalized spacial score (nSPS) is 27.0. The van der Waals surface area contributed by atoms with Gasteiger partial charge in [0.15, 0.2) is 0 Å². The molecule has 8 heteroatoms. The van der Waals surface area contributed by atoms with Gasteiger partial charge in [0.1, 0.15) is 11.9 Å². The van der Waals surface area contributed by atoms with E-state index < -0.39 is 0 Å². The van der Waals surface area contributed by atoms with Gasteiger partial charge in [-0.2, -0.15) is 0 Å². The molecule has 2 aromatic rings. The van der Waals surface area contributed by atoms with Gasteiger partial charge in [-0.1, -0.05) is 41.4 Å². The van der Waals surface area contributed by atoms with Gasteiger partial charge in [0.05, 0.1) is 16.5 Å². The predicted molar refractivity (Wildman–Crippen MR) is 132 cm³/mol. The lowest BCUT2D eigenvalue weighted by Gasteiger charge is -2.55. The highest BCUT2D eigenvalue weighted by Gasteiger charge is 2.53. The minimum Gasteiger partial charge on any atom is -0.508 e. The average Bonchev–Trinajstić information content (AvgIpc) is 2.76. The number of hydrogen-bond acceptors (Lipinski definition) is 5. The average molecular weight is 505 g/mol. The zero-order valence-electron chi connectivity index (χ0n) is 19.4. The molecule has 1 saturated carbocycles. The second-order valence-electron chi connectivity index (χ2n) is 9.60. The van der Waals surface area contributed by atoms with Crippen molar-refractivity contribution in [3.63, 3.8) is 0 Å². The fraction of sp³-hybridized carbons (Fsp3) is 0.462. The molecule has 1 aliphatic heterocycles. The quantitative estimate of drug-likeness (QED) is 0.592. The third kappa shape index (κ3) is 5.35. The molecule has 2 N–H and O–H groups in total. The highest BCUT2D eigenvalue weighted by Crippen LogP contribution is 2.50. The molecule has 4 atom stereocenters. The third-order valence-electron chi connectivity index (χ3n) is 7.19. The first kappa shape index (κ1) is 24.8. The predicted octanol–water partition coefficient (Wildman–Crippen LogP) is 4.34. The van der Waals surface area contributed by atoms with Crippen LogP contribution in [0, 0.1) is 5.92 Å². The molecule has 1 aliphatic carbocycles. The van der Waals surface area contributed by atoms with Crippen molar-refractivity contribution in [1.82, 2.24) is 10.2 Å². The summed E-state index contributed by atoms with van der Waals surface area (Å²) in [5.74, 6) is -0.187. The Bertz CT molecular complexity index is 1080. The Kier molecular flexibility index (Phi) is 7.41. The zero-order chi connectivity index (χ0) is 24.5. The summed E-state index contributed by atoms with van der Waals surface area (Å²) in [7, 11) is 2.07. The maximum Gasteiger partial charge on any atom is 0.302 e. The van der Waals surface area contributed by atoms with Gasteiger partial charge >= 0.3 is 5.97 Å². The minimum absolute atomic E-state index is 0.0557. The SMILES string of the molecule is CC(=O)OC1C[C@@H](NC(=O)Cc2ccc(Cl)c(Cl)c2)CC2(c3cccc(O)c3)CCN(C)CC12. The first-order chi connectivity index (χ1) is 16.2. The van der Waals surface area contributed by atoms with Crippen LogP contribution < -0.4 is 5.32 Å². The van der Waals surface area contributed by atoms with Crippen LogP contribution in [-0.4, -0.2) is 54.2 Å². The number of hydrogen-bond donors (Lipinski definition) is 2. The molecule has 6 nitrogen and oxygen atoms in total. The van der Waals surface area contributed by atoms with Crippen molar-refractivity contribution in [1.29, 1.82) is 0 Å². The second-order valence-corrected chi connectivity index (χ2v) is 10.4. The Morgan fingerprint density at radius 3 is 2.71 bits per heavy atom. The van der Waals surface area contributed by atoms with Crippen LogP contribution in [0.5, 0.6) is 5.75 Å². The molecule has 4 rings (SSSR count). The van der Waals surface area contributed by atoms with Crippen LogP contribution in [0.25, 0.3) is 0 Å². The Labute approximate surface area is 210 Å². The summed E-state index contributed by atoms with van der Waals surface area (Å²) in [4.78, 5) is 27.2. The first-order valence-corrected chi connectivity index (χ1v) is 12.3. The van der Waals surface area contributed by atoms with Gasteiger partial charge in [-0.15, -0.1) is 0 Å². The minimum atomic E-state index is -0.341. The van der Waals surface area contributed by atoms with Crippen LogP contribution >= 0.6 is 23.2 Å². The van der Waals surface area contributed by atoms with Crippen molar-refractivity contribution in [2.24, 2.45) is 5.92 Å². The number of rotatable bonds is 5. The van der Waals surface area contributed by atoms with E-state index in [0.29, 0.717) is 22.9 Å². The topological polar surface area (TPSA) is 78.9 Å². The molecule has 0 radical (unpaired) electrons. The standard InChI is InChI=1S/C26H30Cl2N2O4/c1-16(31)34-24-13-19(29-25(33)11-17-6-7-22(27)23(28)10-17)14-26(8-9-30(2)15-21(24)26)18-4-3-5-20(32)12-18/h3-7,10,12,19,21,24,32H,8-9,11,13-15H2,1-2H3,(H,29,33)/t19-,21?,24?,26?/m1/s1. The fourth-order valence-corrected chi connectivity index (χ4v) is 6.05. The molecule has 0 spiro atoms. The molecule has 2 fully saturated rings. The largest absolute Gasteiger partial charge is 0.508 e. The van der Waals surface area contributed by atoms with Gasteiger partial charge in [0.25, 0.3) is 0 Å². The Balaban J connectivity index is 1.61. The van der Waals surface area contributed by atoms with Crippen LogP contribution in [0.3, 0.4) is 0 Å². The Hall–Kier alpha value is -2.28. The zero-order valence-corrected chi connectivity index (χ0v) is 20.9. The Morgan fingerprint density at radius 1 is 1.21 bits per heavy atom. The molecule has 2 aliphatic rings. The van der Waals surface area contributed by atoms with E-state index in [1.807, 2.05) is 18.2 Å². The van der Waals surface area contributed by atoms with E-state index in [-0.39, 0.29) is 47.5 Å². The maximum absolute atomic E-state index is 13.0. The number of esters is 1. The number of phenolic OH excluding ortho intramolecular Hbond substituents is 1. The van der Waals surface area contributed by atoms with E-state index in [1.54, 1.807) is 24.3 Å². The van der Waals surface area contributed by atoms with Crippen LogP contribution in [0.2, 0.25) is 10.0 Å². The third-order valence-corrected chi connectivity index (χ3v) is 7.93. The van der Waals surface area contributed by atoms with Gasteiger partial charge in [0, 0.05) is 37.3 Å². The molecular weight excluding hydrogens is 475 g/mol. The number of aromatic hydroxyl groups is 1. The number of carbonyl (C=O) groups is 2. The number of nitrogens with zero attached hydrogens (tertiary/aromatic N) is 1. The summed E-state index contributed by atoms with van der Waals surface area (Å²) in [5, 5.41) is 14.3. The van der Waals surface area contributed by atoms with E-state index in [4.69, 9.17) is 27.9 Å². The number of benzene rings is 2. The van der Waals surface area contributed by atoms with Crippen molar-refractivity contribution in [2.45, 2.75) is 50.2 Å². The molecule has 1 heterocycles. The van der Waals surface area contributed by atoms with Gasteiger partial charge in [-0.3, -0.25) is 9.59 Å². The number of nitrogens with one attached hydrogen (secondary N) is 1. The number of phenols is 1. The molecule has 1 amide bonds. The molecule has 2 aromatic carbocycles. The van der Waals surface area contributed by atoms with Crippen LogP contribution in [0.15, 0.2) is 42.5 Å². The monoisotopic (exact) mass is 504 g/mol. The molecule has 182 valence electrons. The van der Waals surface area contributed by atoms with Crippen LogP contribution in [-0.2, 0) is 26.2 Å². The van der Waals surface area contributed by atoms with Gasteiger partial charge < -0.3 is 20.1 Å². The number of carbonyl (C=O) groups excluding carboxylic acids is 2. The number of fused-ring (bicyclic) bond motifs is 1. The van der Waals surface area contributed by atoms with Crippen molar-refractivity contribution in [3.05, 3.63) is 63.6 Å². The Morgan fingerprint density at radius 2 is 2.00 bits per heavy atom. The highest BCUT2D eigenvalue weighted by molar-refractivity contribution is 6.42. The summed E-state index contributed by atoms with van der Waals surface area (Å²) in [5.41, 5.74) is 1.47. The van der Waals surface area contributed by atoms with Crippen LogP contribution in [0.4, 0.5) is 0 Å². The van der Waals surface area contributed by atoms with E-state index in [1.165, 1.54) is 6.92 Å². The second kappa shape index (κ2) is 10.1. The molecule has 1 saturated heterocycles.